The molecule has 0 unspecified atom stereocenters. The summed E-state index contributed by atoms with van der Waals surface area (Å²) in [5, 5.41) is 11.2. The summed E-state index contributed by atoms with van der Waals surface area (Å²) in [4.78, 5) is 12.6. The lowest BCUT2D eigenvalue weighted by molar-refractivity contribution is 0.483. The van der Waals surface area contributed by atoms with E-state index >= 15 is 0 Å². The fraction of sp³-hybridized carbons (Fsp3) is 0.167. The molecule has 0 saturated heterocycles. The van der Waals surface area contributed by atoms with Gasteiger partial charge in [0.05, 0.1) is 22.0 Å². The van der Waals surface area contributed by atoms with Crippen LogP contribution in [0.4, 0.5) is 11.4 Å². The van der Waals surface area contributed by atoms with Crippen molar-refractivity contribution in [2.75, 3.05) is 0 Å². The molecule has 9 heteroatoms. The molecule has 0 aliphatic carbocycles. The average Bonchev–Trinajstić information content (AvgIpc) is 2.97. The quantitative estimate of drug-likeness (QED) is 0.510. The van der Waals surface area contributed by atoms with Gasteiger partial charge in [-0.1, -0.05) is 32.0 Å². The van der Waals surface area contributed by atoms with Gasteiger partial charge in [-0.05, 0) is 42.3 Å². The van der Waals surface area contributed by atoms with Crippen LogP contribution in [0.3, 0.4) is 0 Å². The number of hydrogen-bond acceptors (Lipinski definition) is 5. The van der Waals surface area contributed by atoms with Crippen molar-refractivity contribution in [3.63, 3.8) is 0 Å². The molecule has 0 radical (unpaired) electrons. The normalized spacial score (nSPS) is 12.1. The van der Waals surface area contributed by atoms with E-state index in [9.17, 15) is 13.2 Å². The summed E-state index contributed by atoms with van der Waals surface area (Å²) in [5.41, 5.74) is 1.43. The lowest BCUT2D eigenvalue weighted by atomic mass is 10.1. The number of aromatic amines is 1. The zero-order valence-electron chi connectivity index (χ0n) is 14.7. The third-order valence-corrected chi connectivity index (χ3v) is 4.75. The van der Waals surface area contributed by atoms with Crippen LogP contribution >= 0.6 is 0 Å². The van der Waals surface area contributed by atoms with Gasteiger partial charge in [0.2, 0.25) is 0 Å². The topological polar surface area (TPSA) is 117 Å². The first-order valence-electron chi connectivity index (χ1n) is 8.17. The van der Waals surface area contributed by atoms with Crippen molar-refractivity contribution < 1.29 is 13.0 Å². The summed E-state index contributed by atoms with van der Waals surface area (Å²) >= 11 is 0. The third-order valence-electron chi connectivity index (χ3n) is 3.88. The second kappa shape index (κ2) is 7.29. The summed E-state index contributed by atoms with van der Waals surface area (Å²) in [6.45, 7) is 3.83. The van der Waals surface area contributed by atoms with E-state index in [1.165, 1.54) is 28.9 Å². The van der Waals surface area contributed by atoms with E-state index in [4.69, 9.17) is 4.55 Å². The number of nitrogens with one attached hydrogen (secondary N) is 1. The molecule has 27 heavy (non-hydrogen) atoms. The van der Waals surface area contributed by atoms with Gasteiger partial charge in [0.15, 0.2) is 5.69 Å². The summed E-state index contributed by atoms with van der Waals surface area (Å²) < 4.78 is 32.7. The maximum absolute atomic E-state index is 12.8. The lowest BCUT2D eigenvalue weighted by Crippen LogP contribution is -2.14. The Morgan fingerprint density at radius 2 is 1.63 bits per heavy atom. The molecule has 8 nitrogen and oxygen atoms in total. The molecular weight excluding hydrogens is 368 g/mol. The molecule has 1 heterocycles. The smallest absolute Gasteiger partial charge is 0.292 e. The molecule has 0 aliphatic heterocycles. The highest BCUT2D eigenvalue weighted by atomic mass is 32.2. The standard InChI is InChI=1S/C18H18N4O4S/c1-12(2)16-17(20-19-13-6-4-3-5-7-13)18(23)22(21-16)14-8-10-15(11-9-14)27(24,25)26/h3-12,21H,1-2H3,(H,24,25,26). The molecule has 140 valence electrons. The predicted molar refractivity (Wildman–Crippen MR) is 101 cm³/mol. The monoisotopic (exact) mass is 386 g/mol. The van der Waals surface area contributed by atoms with Crippen molar-refractivity contribution in [3.05, 3.63) is 70.6 Å². The Balaban J connectivity index is 2.05. The molecule has 0 bridgehead atoms. The zero-order valence-corrected chi connectivity index (χ0v) is 15.5. The summed E-state index contributed by atoms with van der Waals surface area (Å²) in [6.07, 6.45) is 0. The van der Waals surface area contributed by atoms with Crippen molar-refractivity contribution >= 4 is 21.5 Å². The average molecular weight is 386 g/mol. The number of benzene rings is 2. The minimum Gasteiger partial charge on any atom is -0.292 e. The number of H-pyrrole nitrogens is 1. The summed E-state index contributed by atoms with van der Waals surface area (Å²) in [6, 6.07) is 14.3. The van der Waals surface area contributed by atoms with Crippen LogP contribution < -0.4 is 5.56 Å². The van der Waals surface area contributed by atoms with Crippen LogP contribution in [0.15, 0.2) is 74.5 Å². The molecule has 0 atom stereocenters. The third kappa shape index (κ3) is 4.04. The maximum Gasteiger partial charge on any atom is 0.299 e. The van der Waals surface area contributed by atoms with Crippen molar-refractivity contribution in [1.29, 1.82) is 0 Å². The molecule has 3 rings (SSSR count). The largest absolute Gasteiger partial charge is 0.299 e. The molecule has 0 amide bonds. The van der Waals surface area contributed by atoms with Gasteiger partial charge in [-0.15, -0.1) is 5.11 Å². The number of nitrogens with zero attached hydrogens (tertiary/aromatic N) is 3. The highest BCUT2D eigenvalue weighted by molar-refractivity contribution is 7.85. The van der Waals surface area contributed by atoms with Crippen molar-refractivity contribution in [2.45, 2.75) is 24.7 Å². The minimum atomic E-state index is -4.30. The SMILES string of the molecule is CC(C)c1[nH]n(-c2ccc(S(=O)(=O)O)cc2)c(=O)c1N=Nc1ccccc1. The van der Waals surface area contributed by atoms with E-state index in [1.807, 2.05) is 32.0 Å². The van der Waals surface area contributed by atoms with Gasteiger partial charge in [-0.2, -0.15) is 13.5 Å². The van der Waals surface area contributed by atoms with Gasteiger partial charge >= 0.3 is 0 Å². The number of aromatic nitrogens is 2. The number of azo groups is 1. The first kappa shape index (κ1) is 18.7. The van der Waals surface area contributed by atoms with Crippen LogP contribution in [-0.4, -0.2) is 22.8 Å². The van der Waals surface area contributed by atoms with Gasteiger partial charge in [-0.3, -0.25) is 14.4 Å². The molecule has 2 N–H and O–H groups in total. The molecule has 0 spiro atoms. The van der Waals surface area contributed by atoms with Crippen LogP contribution in [0.25, 0.3) is 5.69 Å². The fourth-order valence-corrected chi connectivity index (χ4v) is 2.98. The van der Waals surface area contributed by atoms with Crippen molar-refractivity contribution in [2.24, 2.45) is 10.2 Å². The second-order valence-electron chi connectivity index (χ2n) is 6.17. The Morgan fingerprint density at radius 1 is 1.00 bits per heavy atom. The highest BCUT2D eigenvalue weighted by Gasteiger charge is 2.18. The van der Waals surface area contributed by atoms with Crippen LogP contribution in [0.2, 0.25) is 0 Å². The zero-order chi connectivity index (χ0) is 19.6. The van der Waals surface area contributed by atoms with E-state index in [0.29, 0.717) is 17.1 Å². The molecule has 1 aromatic heterocycles. The second-order valence-corrected chi connectivity index (χ2v) is 7.60. The predicted octanol–water partition coefficient (Wildman–Crippen LogP) is 3.95. The van der Waals surface area contributed by atoms with Crippen LogP contribution in [0.5, 0.6) is 0 Å². The van der Waals surface area contributed by atoms with E-state index in [2.05, 4.69) is 15.3 Å². The Morgan fingerprint density at radius 3 is 2.19 bits per heavy atom. The minimum absolute atomic E-state index is 0.0132. The van der Waals surface area contributed by atoms with E-state index in [-0.39, 0.29) is 16.5 Å². The van der Waals surface area contributed by atoms with Gasteiger partial charge in [0.25, 0.3) is 15.7 Å². The first-order valence-corrected chi connectivity index (χ1v) is 9.61. The molecule has 2 aromatic carbocycles. The van der Waals surface area contributed by atoms with E-state index in [1.54, 1.807) is 12.1 Å². The molecule has 0 aliphatic rings. The maximum atomic E-state index is 12.8. The molecule has 0 fully saturated rings. The highest BCUT2D eigenvalue weighted by Crippen LogP contribution is 2.25. The van der Waals surface area contributed by atoms with Gasteiger partial charge in [0.1, 0.15) is 0 Å². The first-order chi connectivity index (χ1) is 12.8. The van der Waals surface area contributed by atoms with E-state index < -0.39 is 15.7 Å². The Bertz CT molecular complexity index is 1130. The Kier molecular flexibility index (Phi) is 5.06. The molecule has 0 saturated carbocycles. The van der Waals surface area contributed by atoms with Crippen LogP contribution in [-0.2, 0) is 10.1 Å². The molecular formula is C18H18N4O4S. The molecule has 3 aromatic rings. The van der Waals surface area contributed by atoms with Crippen LogP contribution in [0, 0.1) is 0 Å². The van der Waals surface area contributed by atoms with Gasteiger partial charge in [-0.25, -0.2) is 4.68 Å². The lowest BCUT2D eigenvalue weighted by Gasteiger charge is -2.04. The Hall–Kier alpha value is -3.04. The summed E-state index contributed by atoms with van der Waals surface area (Å²) in [7, 11) is -4.30. The van der Waals surface area contributed by atoms with Crippen molar-refractivity contribution in [1.82, 2.24) is 9.78 Å². The van der Waals surface area contributed by atoms with Gasteiger partial charge in [0, 0.05) is 0 Å². The van der Waals surface area contributed by atoms with E-state index in [0.717, 1.165) is 0 Å². The number of rotatable bonds is 5. The van der Waals surface area contributed by atoms with Crippen LogP contribution in [0.1, 0.15) is 25.5 Å². The van der Waals surface area contributed by atoms with Gasteiger partial charge < -0.3 is 0 Å². The fourth-order valence-electron chi connectivity index (χ4n) is 2.50. The Labute approximate surface area is 155 Å². The summed E-state index contributed by atoms with van der Waals surface area (Å²) in [5.74, 6) is -0.0132. The van der Waals surface area contributed by atoms with Crippen molar-refractivity contribution in [3.8, 4) is 5.69 Å². The number of hydrogen-bond donors (Lipinski definition) is 2.